The molecule has 0 radical (unpaired) electrons. The number of hydrogen-bond donors (Lipinski definition) is 1. The summed E-state index contributed by atoms with van der Waals surface area (Å²) in [6.45, 7) is 0.737. The molecule has 0 aliphatic carbocycles. The number of ether oxygens (including phenoxy) is 1. The van der Waals surface area contributed by atoms with Crippen molar-refractivity contribution in [3.63, 3.8) is 0 Å². The van der Waals surface area contributed by atoms with E-state index in [2.05, 4.69) is 5.32 Å². The van der Waals surface area contributed by atoms with Crippen molar-refractivity contribution >= 4 is 28.5 Å². The third-order valence-electron chi connectivity index (χ3n) is 5.97. The van der Waals surface area contributed by atoms with E-state index in [1.165, 1.54) is 0 Å². The van der Waals surface area contributed by atoms with E-state index in [1.54, 1.807) is 19.1 Å². The van der Waals surface area contributed by atoms with Gasteiger partial charge in [-0.3, -0.25) is 9.59 Å². The summed E-state index contributed by atoms with van der Waals surface area (Å²) in [5.41, 5.74) is 3.58. The van der Waals surface area contributed by atoms with Crippen molar-refractivity contribution in [2.45, 2.75) is 25.8 Å². The molecule has 1 N–H and O–H groups in total. The highest BCUT2D eigenvalue weighted by atomic mass is 16.5. The average Bonchev–Trinajstić information content (AvgIpc) is 3.24. The molecule has 4 aromatic rings. The number of fused-ring (bicyclic) bond motifs is 1. The molecule has 0 bridgehead atoms. The molecule has 0 saturated carbocycles. The number of para-hydroxylation sites is 3. The molecule has 1 heterocycles. The summed E-state index contributed by atoms with van der Waals surface area (Å²) in [6.07, 6.45) is 1.70. The number of nitrogens with zero attached hydrogens (tertiary/aromatic N) is 3. The molecule has 2 amide bonds. The van der Waals surface area contributed by atoms with Gasteiger partial charge in [0.25, 0.3) is 0 Å². The second kappa shape index (κ2) is 11.3. The summed E-state index contributed by atoms with van der Waals surface area (Å²) >= 11 is 0. The van der Waals surface area contributed by atoms with Crippen LogP contribution in [-0.4, -0.2) is 42.1 Å². The van der Waals surface area contributed by atoms with Crippen molar-refractivity contribution in [2.24, 2.45) is 0 Å². The number of aromatic nitrogens is 2. The minimum atomic E-state index is -0.0247. The maximum Gasteiger partial charge on any atom is 0.246 e. The number of carbonyl (C=O) groups is 2. The van der Waals surface area contributed by atoms with E-state index in [4.69, 9.17) is 9.72 Å². The number of likely N-dealkylation sites (N-methyl/N-ethyl adjacent to an activating group) is 1. The van der Waals surface area contributed by atoms with Crippen LogP contribution in [0.15, 0.2) is 78.9 Å². The summed E-state index contributed by atoms with van der Waals surface area (Å²) in [5, 5.41) is 2.98. The Balaban J connectivity index is 1.37. The summed E-state index contributed by atoms with van der Waals surface area (Å²) < 4.78 is 7.14. The fraction of sp³-hybridized carbons (Fsp3) is 0.250. The number of carbonyl (C=O) groups excluding carboxylic acids is 2. The van der Waals surface area contributed by atoms with Crippen molar-refractivity contribution in [1.82, 2.24) is 14.9 Å². The summed E-state index contributed by atoms with van der Waals surface area (Å²) in [7, 11) is 3.41. The van der Waals surface area contributed by atoms with Crippen molar-refractivity contribution in [3.8, 4) is 5.75 Å². The molecule has 0 aliphatic rings. The summed E-state index contributed by atoms with van der Waals surface area (Å²) in [4.78, 5) is 31.8. The van der Waals surface area contributed by atoms with Crippen LogP contribution in [0.3, 0.4) is 0 Å². The van der Waals surface area contributed by atoms with E-state index >= 15 is 0 Å². The Bertz CT molecular complexity index is 1280. The van der Waals surface area contributed by atoms with Gasteiger partial charge in [-0.05, 0) is 48.4 Å². The quantitative estimate of drug-likeness (QED) is 0.356. The van der Waals surface area contributed by atoms with Crippen LogP contribution in [-0.2, 0) is 29.0 Å². The van der Waals surface area contributed by atoms with Crippen LogP contribution in [0.1, 0.15) is 17.8 Å². The smallest absolute Gasteiger partial charge is 0.246 e. The van der Waals surface area contributed by atoms with E-state index in [9.17, 15) is 9.59 Å². The molecular formula is C28H30N4O3. The molecule has 1 aromatic heterocycles. The van der Waals surface area contributed by atoms with Gasteiger partial charge in [0, 0.05) is 25.7 Å². The normalized spacial score (nSPS) is 10.8. The summed E-state index contributed by atoms with van der Waals surface area (Å²) in [5.74, 6) is 1.56. The molecule has 7 nitrogen and oxygen atoms in total. The zero-order chi connectivity index (χ0) is 24.6. The van der Waals surface area contributed by atoms with Crippen molar-refractivity contribution in [2.75, 3.05) is 25.6 Å². The topological polar surface area (TPSA) is 76.5 Å². The Hall–Kier alpha value is -4.13. The monoisotopic (exact) mass is 470 g/mol. The van der Waals surface area contributed by atoms with Crippen molar-refractivity contribution in [1.29, 1.82) is 0 Å². The third kappa shape index (κ3) is 6.06. The number of nitrogens with one attached hydrogen (secondary N) is 1. The number of methoxy groups -OCH3 is 1. The highest BCUT2D eigenvalue weighted by Gasteiger charge is 2.17. The fourth-order valence-electron chi connectivity index (χ4n) is 4.00. The molecular weight excluding hydrogens is 440 g/mol. The number of rotatable bonds is 10. The van der Waals surface area contributed by atoms with Gasteiger partial charge in [0.15, 0.2) is 0 Å². The lowest BCUT2D eigenvalue weighted by Gasteiger charge is -2.18. The van der Waals surface area contributed by atoms with Crippen LogP contribution in [0.4, 0.5) is 5.69 Å². The molecule has 0 fully saturated rings. The molecule has 0 aliphatic heterocycles. The van der Waals surface area contributed by atoms with Gasteiger partial charge in [-0.2, -0.15) is 0 Å². The number of hydrogen-bond acceptors (Lipinski definition) is 4. The van der Waals surface area contributed by atoms with Gasteiger partial charge in [-0.25, -0.2) is 4.98 Å². The molecule has 4 rings (SSSR count). The molecule has 0 saturated heterocycles. The first-order chi connectivity index (χ1) is 17.0. The van der Waals surface area contributed by atoms with Gasteiger partial charge in [0.05, 0.1) is 24.6 Å². The number of benzene rings is 3. The lowest BCUT2D eigenvalue weighted by Crippen LogP contribution is -2.30. The van der Waals surface area contributed by atoms with Crippen LogP contribution >= 0.6 is 0 Å². The van der Waals surface area contributed by atoms with Crippen LogP contribution in [0.2, 0.25) is 0 Å². The first-order valence-electron chi connectivity index (χ1n) is 11.7. The zero-order valence-corrected chi connectivity index (χ0v) is 20.1. The van der Waals surface area contributed by atoms with Crippen LogP contribution < -0.4 is 15.0 Å². The van der Waals surface area contributed by atoms with Gasteiger partial charge >= 0.3 is 0 Å². The lowest BCUT2D eigenvalue weighted by atomic mass is 10.1. The maximum absolute atomic E-state index is 13.1. The van der Waals surface area contributed by atoms with Crippen LogP contribution in [0, 0.1) is 0 Å². The molecule has 7 heteroatoms. The van der Waals surface area contributed by atoms with E-state index in [0.29, 0.717) is 19.4 Å². The predicted molar refractivity (Wildman–Crippen MR) is 138 cm³/mol. The van der Waals surface area contributed by atoms with E-state index < -0.39 is 0 Å². The van der Waals surface area contributed by atoms with Gasteiger partial charge in [-0.1, -0.05) is 42.5 Å². The Labute approximate surface area is 205 Å². The third-order valence-corrected chi connectivity index (χ3v) is 5.97. The number of amides is 2. The van der Waals surface area contributed by atoms with Crippen molar-refractivity contribution in [3.05, 3.63) is 90.3 Å². The van der Waals surface area contributed by atoms with Gasteiger partial charge in [0.1, 0.15) is 18.1 Å². The summed E-state index contributed by atoms with van der Waals surface area (Å²) in [6, 6.07) is 24.9. The number of aryl methyl sites for hydroxylation is 1. The Morgan fingerprint density at radius 1 is 0.971 bits per heavy atom. The highest BCUT2D eigenvalue weighted by molar-refractivity contribution is 5.93. The number of anilines is 1. The SMILES string of the molecule is COc1ccc(CC(=O)NCCCc2nc3ccccc3n2CC(=O)N(C)c2ccccc2)cc1. The average molecular weight is 471 g/mol. The molecule has 0 atom stereocenters. The zero-order valence-electron chi connectivity index (χ0n) is 20.1. The minimum absolute atomic E-state index is 0.0200. The molecule has 35 heavy (non-hydrogen) atoms. The minimum Gasteiger partial charge on any atom is -0.497 e. The standard InChI is InChI=1S/C28H30N4O3/c1-31(22-9-4-3-5-10-22)28(34)20-32-25-12-7-6-11-24(25)30-26(32)13-8-18-29-27(33)19-21-14-16-23(35-2)17-15-21/h3-7,9-12,14-17H,8,13,18-20H2,1-2H3,(H,29,33). The van der Waals surface area contributed by atoms with Crippen molar-refractivity contribution < 1.29 is 14.3 Å². The van der Waals surface area contributed by atoms with Crippen LogP contribution in [0.25, 0.3) is 11.0 Å². The van der Waals surface area contributed by atoms with E-state index in [-0.39, 0.29) is 18.4 Å². The predicted octanol–water partition coefficient (Wildman–Crippen LogP) is 4.00. The molecule has 0 spiro atoms. The fourth-order valence-corrected chi connectivity index (χ4v) is 4.00. The maximum atomic E-state index is 13.1. The Morgan fingerprint density at radius 2 is 1.69 bits per heavy atom. The largest absolute Gasteiger partial charge is 0.497 e. The Morgan fingerprint density at radius 3 is 2.43 bits per heavy atom. The van der Waals surface area contributed by atoms with Gasteiger partial charge in [-0.15, -0.1) is 0 Å². The van der Waals surface area contributed by atoms with E-state index in [0.717, 1.165) is 40.3 Å². The molecule has 180 valence electrons. The highest BCUT2D eigenvalue weighted by Crippen LogP contribution is 2.19. The second-order valence-electron chi connectivity index (χ2n) is 8.37. The lowest BCUT2D eigenvalue weighted by molar-refractivity contribution is -0.120. The van der Waals surface area contributed by atoms with Crippen LogP contribution in [0.5, 0.6) is 5.75 Å². The first-order valence-corrected chi connectivity index (χ1v) is 11.7. The number of imidazole rings is 1. The Kier molecular flexibility index (Phi) is 7.77. The second-order valence-corrected chi connectivity index (χ2v) is 8.37. The molecule has 0 unspecified atom stereocenters. The van der Waals surface area contributed by atoms with Gasteiger partial charge < -0.3 is 19.5 Å². The van der Waals surface area contributed by atoms with E-state index in [1.807, 2.05) is 83.4 Å². The van der Waals surface area contributed by atoms with Gasteiger partial charge in [0.2, 0.25) is 11.8 Å². The molecule has 3 aromatic carbocycles. The first kappa shape index (κ1) is 24.0.